The highest BCUT2D eigenvalue weighted by Gasteiger charge is 2.36. The van der Waals surface area contributed by atoms with Crippen LogP contribution in [0.3, 0.4) is 0 Å². The summed E-state index contributed by atoms with van der Waals surface area (Å²) in [7, 11) is 0. The summed E-state index contributed by atoms with van der Waals surface area (Å²) in [4.78, 5) is 0. The summed E-state index contributed by atoms with van der Waals surface area (Å²) in [5.41, 5.74) is 2.61. The Balaban J connectivity index is 1.82. The van der Waals surface area contributed by atoms with Crippen molar-refractivity contribution in [3.05, 3.63) is 35.4 Å². The van der Waals surface area contributed by atoms with Crippen molar-refractivity contribution in [2.24, 2.45) is 5.41 Å². The lowest BCUT2D eigenvalue weighted by molar-refractivity contribution is 0.206. The first-order valence-electron chi connectivity index (χ1n) is 6.86. The Morgan fingerprint density at radius 3 is 2.39 bits per heavy atom. The molecule has 0 aromatic heterocycles. The van der Waals surface area contributed by atoms with E-state index in [0.29, 0.717) is 5.92 Å². The SMILES string of the molecule is CC(C)c1ccc(CNCC2(C#N)CCC2)cc1. The van der Waals surface area contributed by atoms with E-state index in [-0.39, 0.29) is 5.41 Å². The zero-order valence-electron chi connectivity index (χ0n) is 11.4. The van der Waals surface area contributed by atoms with Gasteiger partial charge in [0.15, 0.2) is 0 Å². The smallest absolute Gasteiger partial charge is 0.0703 e. The summed E-state index contributed by atoms with van der Waals surface area (Å²) in [5, 5.41) is 12.6. The molecule has 1 aliphatic rings. The molecule has 1 aliphatic carbocycles. The van der Waals surface area contributed by atoms with Crippen molar-refractivity contribution in [3.63, 3.8) is 0 Å². The second-order valence-electron chi connectivity index (χ2n) is 5.75. The molecule has 1 N–H and O–H groups in total. The molecule has 2 heteroatoms. The lowest BCUT2D eigenvalue weighted by Crippen LogP contribution is -2.38. The highest BCUT2D eigenvalue weighted by Crippen LogP contribution is 2.39. The molecule has 0 unspecified atom stereocenters. The third-order valence-electron chi connectivity index (χ3n) is 3.99. The minimum Gasteiger partial charge on any atom is -0.311 e. The fourth-order valence-electron chi connectivity index (χ4n) is 2.40. The summed E-state index contributed by atoms with van der Waals surface area (Å²) in [6.07, 6.45) is 3.32. The molecule has 2 rings (SSSR count). The maximum atomic E-state index is 9.14. The molecular weight excluding hydrogens is 220 g/mol. The van der Waals surface area contributed by atoms with E-state index < -0.39 is 0 Å². The van der Waals surface area contributed by atoms with E-state index >= 15 is 0 Å². The molecule has 0 atom stereocenters. The molecule has 0 radical (unpaired) electrons. The number of hydrogen-bond donors (Lipinski definition) is 1. The first-order valence-corrected chi connectivity index (χ1v) is 6.86. The highest BCUT2D eigenvalue weighted by atomic mass is 14.9. The Kier molecular flexibility index (Phi) is 4.04. The van der Waals surface area contributed by atoms with Crippen LogP contribution >= 0.6 is 0 Å². The molecule has 0 amide bonds. The molecule has 1 fully saturated rings. The minimum absolute atomic E-state index is 0.0716. The molecular formula is C16H22N2. The molecule has 1 aromatic carbocycles. The topological polar surface area (TPSA) is 35.8 Å². The molecule has 0 spiro atoms. The molecule has 0 saturated heterocycles. The van der Waals surface area contributed by atoms with Gasteiger partial charge in [0.2, 0.25) is 0 Å². The fourth-order valence-corrected chi connectivity index (χ4v) is 2.40. The Bertz CT molecular complexity index is 421. The van der Waals surface area contributed by atoms with E-state index in [4.69, 9.17) is 5.26 Å². The van der Waals surface area contributed by atoms with E-state index in [0.717, 1.165) is 25.9 Å². The minimum atomic E-state index is -0.0716. The number of nitrogens with zero attached hydrogens (tertiary/aromatic N) is 1. The van der Waals surface area contributed by atoms with Crippen LogP contribution in [0, 0.1) is 16.7 Å². The number of hydrogen-bond acceptors (Lipinski definition) is 2. The maximum absolute atomic E-state index is 9.14. The second-order valence-corrected chi connectivity index (χ2v) is 5.75. The Labute approximate surface area is 110 Å². The normalized spacial score (nSPS) is 17.2. The van der Waals surface area contributed by atoms with Gasteiger partial charge >= 0.3 is 0 Å². The van der Waals surface area contributed by atoms with Crippen LogP contribution in [0.5, 0.6) is 0 Å². The van der Waals surface area contributed by atoms with Gasteiger partial charge in [-0.3, -0.25) is 0 Å². The van der Waals surface area contributed by atoms with Crippen molar-refractivity contribution < 1.29 is 0 Å². The van der Waals surface area contributed by atoms with Crippen molar-refractivity contribution in [1.82, 2.24) is 5.32 Å². The second kappa shape index (κ2) is 5.54. The average molecular weight is 242 g/mol. The molecule has 2 nitrogen and oxygen atoms in total. The monoisotopic (exact) mass is 242 g/mol. The van der Waals surface area contributed by atoms with Crippen LogP contribution < -0.4 is 5.32 Å². The summed E-state index contributed by atoms with van der Waals surface area (Å²) in [6.45, 7) is 6.11. The van der Waals surface area contributed by atoms with Gasteiger partial charge in [-0.1, -0.05) is 44.5 Å². The van der Waals surface area contributed by atoms with E-state index in [1.54, 1.807) is 0 Å². The molecule has 0 bridgehead atoms. The zero-order chi connectivity index (χ0) is 13.0. The first kappa shape index (κ1) is 13.1. The van der Waals surface area contributed by atoms with Crippen molar-refractivity contribution in [3.8, 4) is 6.07 Å². The molecule has 18 heavy (non-hydrogen) atoms. The lowest BCUT2D eigenvalue weighted by atomic mass is 9.70. The first-order chi connectivity index (χ1) is 8.65. The van der Waals surface area contributed by atoms with Gasteiger partial charge in [0, 0.05) is 13.1 Å². The van der Waals surface area contributed by atoms with Crippen molar-refractivity contribution in [2.45, 2.75) is 45.6 Å². The van der Waals surface area contributed by atoms with E-state index in [1.165, 1.54) is 17.5 Å². The number of nitriles is 1. The molecule has 0 heterocycles. The van der Waals surface area contributed by atoms with Gasteiger partial charge in [-0.2, -0.15) is 5.26 Å². The third-order valence-corrected chi connectivity index (χ3v) is 3.99. The van der Waals surface area contributed by atoms with Crippen LogP contribution in [0.2, 0.25) is 0 Å². The Morgan fingerprint density at radius 2 is 1.94 bits per heavy atom. The van der Waals surface area contributed by atoms with E-state index in [1.807, 2.05) is 0 Å². The Hall–Kier alpha value is -1.33. The number of benzene rings is 1. The standard InChI is InChI=1S/C16H22N2/c1-13(2)15-6-4-14(5-7-15)10-18-12-16(11-17)8-3-9-16/h4-7,13,18H,3,8-10,12H2,1-2H3. The predicted octanol–water partition coefficient (Wildman–Crippen LogP) is 3.59. The summed E-state index contributed by atoms with van der Waals surface area (Å²) in [5.74, 6) is 0.587. The highest BCUT2D eigenvalue weighted by molar-refractivity contribution is 5.24. The van der Waals surface area contributed by atoms with Gasteiger partial charge in [0.05, 0.1) is 11.5 Å². The van der Waals surface area contributed by atoms with Crippen LogP contribution in [-0.4, -0.2) is 6.54 Å². The summed E-state index contributed by atoms with van der Waals surface area (Å²) >= 11 is 0. The van der Waals surface area contributed by atoms with Gasteiger partial charge in [-0.25, -0.2) is 0 Å². The number of nitrogens with one attached hydrogen (secondary N) is 1. The van der Waals surface area contributed by atoms with Crippen LogP contribution in [0.4, 0.5) is 0 Å². The van der Waals surface area contributed by atoms with Gasteiger partial charge in [-0.15, -0.1) is 0 Å². The Morgan fingerprint density at radius 1 is 1.28 bits per heavy atom. The van der Waals surface area contributed by atoms with Gasteiger partial charge in [-0.05, 0) is 29.9 Å². The van der Waals surface area contributed by atoms with Crippen LogP contribution in [0.25, 0.3) is 0 Å². The number of rotatable bonds is 5. The van der Waals surface area contributed by atoms with Crippen LogP contribution in [0.1, 0.15) is 50.2 Å². The van der Waals surface area contributed by atoms with Crippen LogP contribution in [0.15, 0.2) is 24.3 Å². The zero-order valence-corrected chi connectivity index (χ0v) is 11.4. The quantitative estimate of drug-likeness (QED) is 0.856. The third kappa shape index (κ3) is 2.91. The molecule has 1 saturated carbocycles. The maximum Gasteiger partial charge on any atom is 0.0703 e. The van der Waals surface area contributed by atoms with Crippen molar-refractivity contribution in [2.75, 3.05) is 6.54 Å². The lowest BCUT2D eigenvalue weighted by Gasteiger charge is -2.35. The van der Waals surface area contributed by atoms with E-state index in [2.05, 4.69) is 49.5 Å². The summed E-state index contributed by atoms with van der Waals surface area (Å²) in [6, 6.07) is 11.2. The summed E-state index contributed by atoms with van der Waals surface area (Å²) < 4.78 is 0. The molecule has 1 aromatic rings. The van der Waals surface area contributed by atoms with Gasteiger partial charge in [0.25, 0.3) is 0 Å². The van der Waals surface area contributed by atoms with Crippen molar-refractivity contribution >= 4 is 0 Å². The predicted molar refractivity (Wildman–Crippen MR) is 74.1 cm³/mol. The van der Waals surface area contributed by atoms with Gasteiger partial charge < -0.3 is 5.32 Å². The fraction of sp³-hybridized carbons (Fsp3) is 0.562. The molecule has 0 aliphatic heterocycles. The molecule has 96 valence electrons. The average Bonchev–Trinajstić information content (AvgIpc) is 2.33. The largest absolute Gasteiger partial charge is 0.311 e. The van der Waals surface area contributed by atoms with Gasteiger partial charge in [0.1, 0.15) is 0 Å². The van der Waals surface area contributed by atoms with Crippen LogP contribution in [-0.2, 0) is 6.54 Å². The van der Waals surface area contributed by atoms with E-state index in [9.17, 15) is 0 Å². The van der Waals surface area contributed by atoms with Crippen molar-refractivity contribution in [1.29, 1.82) is 5.26 Å².